The lowest BCUT2D eigenvalue weighted by molar-refractivity contribution is -0.187. The monoisotopic (exact) mass is 338 g/mol. The van der Waals surface area contributed by atoms with Crippen molar-refractivity contribution in [3.05, 3.63) is 0 Å². The van der Waals surface area contributed by atoms with E-state index in [1.54, 1.807) is 6.92 Å². The van der Waals surface area contributed by atoms with Gasteiger partial charge in [-0.15, -0.1) is 0 Å². The van der Waals surface area contributed by atoms with E-state index in [1.165, 1.54) is 0 Å². The standard InChI is InChI=1S/C14H21F3N2O4/c1-8(9-3-2-4-23-7-9)18-13(22)19-5-10(12(20)21)11(6-19)14(15,16)17/h8-11H,2-7H2,1H3,(H,18,22)(H,20,21)/t8?,9?,10-,11-/m1/s1. The number of aliphatic carboxylic acids is 1. The Morgan fingerprint density at radius 3 is 2.52 bits per heavy atom. The number of likely N-dealkylation sites (tertiary alicyclic amines) is 1. The molecule has 0 aliphatic carbocycles. The molecule has 0 aromatic rings. The number of nitrogens with one attached hydrogen (secondary N) is 1. The normalized spacial score (nSPS) is 30.1. The number of carboxylic acid groups (broad SMARTS) is 1. The largest absolute Gasteiger partial charge is 0.481 e. The number of hydrogen-bond acceptors (Lipinski definition) is 3. The molecule has 2 saturated heterocycles. The number of rotatable bonds is 3. The van der Waals surface area contributed by atoms with Gasteiger partial charge in [-0.1, -0.05) is 0 Å². The van der Waals surface area contributed by atoms with Crippen LogP contribution in [0.4, 0.5) is 18.0 Å². The maximum atomic E-state index is 12.9. The highest BCUT2D eigenvalue weighted by Crippen LogP contribution is 2.37. The van der Waals surface area contributed by atoms with Crippen LogP contribution < -0.4 is 5.32 Å². The fourth-order valence-corrected chi connectivity index (χ4v) is 3.12. The number of carbonyl (C=O) groups is 2. The average Bonchev–Trinajstić information content (AvgIpc) is 2.93. The van der Waals surface area contributed by atoms with E-state index in [0.29, 0.717) is 13.2 Å². The van der Waals surface area contributed by atoms with Gasteiger partial charge >= 0.3 is 18.2 Å². The molecule has 2 fully saturated rings. The second-order valence-electron chi connectivity index (χ2n) is 6.21. The van der Waals surface area contributed by atoms with E-state index < -0.39 is 43.1 Å². The quantitative estimate of drug-likeness (QED) is 0.821. The molecule has 23 heavy (non-hydrogen) atoms. The predicted octanol–water partition coefficient (Wildman–Crippen LogP) is 1.71. The number of carboxylic acids is 1. The van der Waals surface area contributed by atoms with Crippen LogP contribution in [0.1, 0.15) is 19.8 Å². The van der Waals surface area contributed by atoms with Crippen molar-refractivity contribution in [3.63, 3.8) is 0 Å². The molecule has 6 nitrogen and oxygen atoms in total. The van der Waals surface area contributed by atoms with Crippen LogP contribution >= 0.6 is 0 Å². The molecule has 9 heteroatoms. The molecule has 4 atom stereocenters. The van der Waals surface area contributed by atoms with Crippen LogP contribution in [0.25, 0.3) is 0 Å². The number of nitrogens with zero attached hydrogens (tertiary/aromatic N) is 1. The summed E-state index contributed by atoms with van der Waals surface area (Å²) in [7, 11) is 0. The molecule has 0 aromatic carbocycles. The molecule has 2 N–H and O–H groups in total. The number of amides is 2. The predicted molar refractivity (Wildman–Crippen MR) is 73.8 cm³/mol. The van der Waals surface area contributed by atoms with Crippen LogP contribution in [-0.2, 0) is 9.53 Å². The van der Waals surface area contributed by atoms with Gasteiger partial charge in [-0.05, 0) is 19.8 Å². The molecule has 0 saturated carbocycles. The highest BCUT2D eigenvalue weighted by Gasteiger charge is 2.53. The van der Waals surface area contributed by atoms with Gasteiger partial charge in [0.25, 0.3) is 0 Å². The van der Waals surface area contributed by atoms with Gasteiger partial charge in [0.1, 0.15) is 0 Å². The fourth-order valence-electron chi connectivity index (χ4n) is 3.12. The molecule has 0 spiro atoms. The highest BCUT2D eigenvalue weighted by molar-refractivity contribution is 5.78. The van der Waals surface area contributed by atoms with E-state index in [2.05, 4.69) is 5.32 Å². The van der Waals surface area contributed by atoms with Crippen molar-refractivity contribution in [2.45, 2.75) is 32.0 Å². The van der Waals surface area contributed by atoms with Gasteiger partial charge in [-0.25, -0.2) is 4.79 Å². The summed E-state index contributed by atoms with van der Waals surface area (Å²) < 4.78 is 44.1. The number of alkyl halides is 3. The molecular weight excluding hydrogens is 317 g/mol. The third-order valence-electron chi connectivity index (χ3n) is 4.60. The lowest BCUT2D eigenvalue weighted by atomic mass is 9.95. The Labute approximate surface area is 132 Å². The molecule has 2 unspecified atom stereocenters. The minimum absolute atomic E-state index is 0.115. The molecule has 2 aliphatic rings. The SMILES string of the molecule is CC(NC(=O)N1C[C@@H](C(F)(F)F)[C@H](C(=O)O)C1)C1CCCOC1. The van der Waals surface area contributed by atoms with Crippen LogP contribution in [0.2, 0.25) is 0 Å². The second kappa shape index (κ2) is 6.94. The highest BCUT2D eigenvalue weighted by atomic mass is 19.4. The zero-order valence-corrected chi connectivity index (χ0v) is 12.8. The van der Waals surface area contributed by atoms with Crippen LogP contribution in [0, 0.1) is 17.8 Å². The summed E-state index contributed by atoms with van der Waals surface area (Å²) in [5.41, 5.74) is 0. The van der Waals surface area contributed by atoms with Crippen LogP contribution in [0.5, 0.6) is 0 Å². The molecule has 0 radical (unpaired) electrons. The van der Waals surface area contributed by atoms with E-state index in [1.807, 2.05) is 0 Å². The molecule has 132 valence electrons. The molecular formula is C14H21F3N2O4. The Kier molecular flexibility index (Phi) is 5.38. The van der Waals surface area contributed by atoms with Gasteiger partial charge in [-0.2, -0.15) is 13.2 Å². The Hall–Kier alpha value is -1.51. The number of urea groups is 1. The van der Waals surface area contributed by atoms with E-state index in [-0.39, 0.29) is 12.0 Å². The lowest BCUT2D eigenvalue weighted by Gasteiger charge is -2.30. The zero-order valence-electron chi connectivity index (χ0n) is 12.8. The van der Waals surface area contributed by atoms with Crippen molar-refractivity contribution in [3.8, 4) is 0 Å². The minimum Gasteiger partial charge on any atom is -0.481 e. The van der Waals surface area contributed by atoms with Crippen molar-refractivity contribution in [1.29, 1.82) is 0 Å². The minimum atomic E-state index is -4.64. The summed E-state index contributed by atoms with van der Waals surface area (Å²) in [6.07, 6.45) is -2.88. The summed E-state index contributed by atoms with van der Waals surface area (Å²) in [4.78, 5) is 24.1. The summed E-state index contributed by atoms with van der Waals surface area (Å²) in [6, 6.07) is -0.892. The second-order valence-corrected chi connectivity index (χ2v) is 6.21. The van der Waals surface area contributed by atoms with Crippen molar-refractivity contribution < 1.29 is 32.6 Å². The first-order valence-electron chi connectivity index (χ1n) is 7.63. The van der Waals surface area contributed by atoms with Crippen LogP contribution in [0.15, 0.2) is 0 Å². The maximum absolute atomic E-state index is 12.9. The van der Waals surface area contributed by atoms with Gasteiger partial charge in [0, 0.05) is 31.7 Å². The maximum Gasteiger partial charge on any atom is 0.394 e. The summed E-state index contributed by atoms with van der Waals surface area (Å²) in [6.45, 7) is 1.91. The van der Waals surface area contributed by atoms with E-state index in [9.17, 15) is 22.8 Å². The van der Waals surface area contributed by atoms with Gasteiger partial charge < -0.3 is 20.1 Å². The Bertz CT molecular complexity index is 452. The van der Waals surface area contributed by atoms with Crippen LogP contribution in [0.3, 0.4) is 0 Å². The van der Waals surface area contributed by atoms with Crippen molar-refractivity contribution in [2.75, 3.05) is 26.3 Å². The number of carbonyl (C=O) groups excluding carboxylic acids is 1. The van der Waals surface area contributed by atoms with Crippen molar-refractivity contribution in [1.82, 2.24) is 10.2 Å². The van der Waals surface area contributed by atoms with Crippen molar-refractivity contribution >= 4 is 12.0 Å². The van der Waals surface area contributed by atoms with E-state index >= 15 is 0 Å². The Balaban J connectivity index is 1.95. The Morgan fingerprint density at radius 2 is 2.04 bits per heavy atom. The van der Waals surface area contributed by atoms with Gasteiger partial charge in [-0.3, -0.25) is 4.79 Å². The first kappa shape index (κ1) is 17.8. The van der Waals surface area contributed by atoms with Gasteiger partial charge in [0.2, 0.25) is 0 Å². The summed E-state index contributed by atoms with van der Waals surface area (Å²) in [5, 5.41) is 11.6. The van der Waals surface area contributed by atoms with Gasteiger partial charge in [0.15, 0.2) is 0 Å². The average molecular weight is 338 g/mol. The van der Waals surface area contributed by atoms with Gasteiger partial charge in [0.05, 0.1) is 18.4 Å². The molecule has 0 bridgehead atoms. The Morgan fingerprint density at radius 1 is 1.35 bits per heavy atom. The molecule has 0 aromatic heterocycles. The van der Waals surface area contributed by atoms with E-state index in [0.717, 1.165) is 17.7 Å². The van der Waals surface area contributed by atoms with Crippen molar-refractivity contribution in [2.24, 2.45) is 17.8 Å². The smallest absolute Gasteiger partial charge is 0.394 e. The molecule has 2 heterocycles. The number of ether oxygens (including phenoxy) is 1. The fraction of sp³-hybridized carbons (Fsp3) is 0.857. The molecule has 2 amide bonds. The first-order chi connectivity index (χ1) is 10.7. The number of halogens is 3. The lowest BCUT2D eigenvalue weighted by Crippen LogP contribution is -2.47. The third-order valence-corrected chi connectivity index (χ3v) is 4.60. The van der Waals surface area contributed by atoms with Crippen LogP contribution in [-0.4, -0.2) is 60.5 Å². The summed E-state index contributed by atoms with van der Waals surface area (Å²) in [5.74, 6) is -5.06. The summed E-state index contributed by atoms with van der Waals surface area (Å²) >= 11 is 0. The topological polar surface area (TPSA) is 78.9 Å². The third kappa shape index (κ3) is 4.27. The zero-order chi connectivity index (χ0) is 17.2. The van der Waals surface area contributed by atoms with E-state index in [4.69, 9.17) is 9.84 Å². The molecule has 2 aliphatic heterocycles. The first-order valence-corrected chi connectivity index (χ1v) is 7.63. The molecule has 2 rings (SSSR count). The number of hydrogen-bond donors (Lipinski definition) is 2.